The minimum Gasteiger partial charge on any atom is -0.332 e. The number of hydrogen-bond acceptors (Lipinski definition) is 2. The molecule has 2 saturated heterocycles. The first-order valence-electron chi connectivity index (χ1n) is 6.74. The number of aryl methyl sites for hydroxylation is 1. The fourth-order valence-electron chi connectivity index (χ4n) is 3.25. The van der Waals surface area contributed by atoms with Crippen LogP contribution < -0.4 is 0 Å². The lowest BCUT2D eigenvalue weighted by atomic mass is 10.0. The average molecular weight is 328 g/mol. The molecule has 1 aromatic rings. The number of halogens is 1. The van der Waals surface area contributed by atoms with Gasteiger partial charge in [0.1, 0.15) is 0 Å². The number of thiophene rings is 1. The normalized spacial score (nSPS) is 30.8. The minimum atomic E-state index is 0.270. The van der Waals surface area contributed by atoms with E-state index in [4.69, 9.17) is 0 Å². The number of alkyl halides is 1. The predicted octanol–water partition coefficient (Wildman–Crippen LogP) is 3.84. The van der Waals surface area contributed by atoms with Crippen LogP contribution in [-0.4, -0.2) is 27.7 Å². The van der Waals surface area contributed by atoms with Gasteiger partial charge < -0.3 is 4.90 Å². The quantitative estimate of drug-likeness (QED) is 0.756. The molecule has 2 nitrogen and oxygen atoms in total. The molecule has 0 radical (unpaired) electrons. The van der Waals surface area contributed by atoms with Crippen LogP contribution in [0.1, 0.15) is 47.2 Å². The van der Waals surface area contributed by atoms with Crippen LogP contribution in [0.25, 0.3) is 0 Å². The van der Waals surface area contributed by atoms with Crippen molar-refractivity contribution < 1.29 is 4.79 Å². The van der Waals surface area contributed by atoms with Gasteiger partial charge >= 0.3 is 0 Å². The maximum Gasteiger partial charge on any atom is 0.264 e. The van der Waals surface area contributed by atoms with E-state index in [9.17, 15) is 4.79 Å². The molecule has 2 atom stereocenters. The fraction of sp³-hybridized carbons (Fsp3) is 0.643. The van der Waals surface area contributed by atoms with Crippen molar-refractivity contribution in [1.29, 1.82) is 0 Å². The number of nitrogens with zero attached hydrogens (tertiary/aromatic N) is 1. The van der Waals surface area contributed by atoms with Crippen LogP contribution in [0.5, 0.6) is 0 Å². The smallest absolute Gasteiger partial charge is 0.264 e. The summed E-state index contributed by atoms with van der Waals surface area (Å²) >= 11 is 5.39. The first-order valence-corrected chi connectivity index (χ1v) is 8.47. The molecule has 0 aliphatic carbocycles. The molecule has 2 fully saturated rings. The highest BCUT2D eigenvalue weighted by atomic mass is 79.9. The van der Waals surface area contributed by atoms with Gasteiger partial charge in [0, 0.05) is 21.8 Å². The Morgan fingerprint density at radius 1 is 1.39 bits per heavy atom. The van der Waals surface area contributed by atoms with Crippen molar-refractivity contribution in [1.82, 2.24) is 4.90 Å². The summed E-state index contributed by atoms with van der Waals surface area (Å²) in [5.41, 5.74) is 0. The fourth-order valence-corrected chi connectivity index (χ4v) is 5.01. The second kappa shape index (κ2) is 4.97. The molecule has 18 heavy (non-hydrogen) atoms. The summed E-state index contributed by atoms with van der Waals surface area (Å²) in [6, 6.07) is 5.03. The molecule has 98 valence electrons. The van der Waals surface area contributed by atoms with Gasteiger partial charge in [-0.2, -0.15) is 0 Å². The van der Waals surface area contributed by atoms with E-state index in [1.807, 2.05) is 6.07 Å². The zero-order valence-corrected chi connectivity index (χ0v) is 13.0. The van der Waals surface area contributed by atoms with Crippen molar-refractivity contribution >= 4 is 33.2 Å². The SMILES string of the molecule is CCc1ccc(C(=O)N2C3CCC2CC(Br)C3)s1. The number of carbonyl (C=O) groups excluding carboxylic acids is 1. The van der Waals surface area contributed by atoms with E-state index in [2.05, 4.69) is 33.8 Å². The van der Waals surface area contributed by atoms with Crippen LogP contribution in [0.3, 0.4) is 0 Å². The maximum absolute atomic E-state index is 12.6. The molecule has 3 rings (SSSR count). The molecule has 2 aliphatic heterocycles. The number of rotatable bonds is 2. The average Bonchev–Trinajstić information content (AvgIpc) is 2.92. The Hall–Kier alpha value is -0.350. The molecular weight excluding hydrogens is 310 g/mol. The van der Waals surface area contributed by atoms with Crippen LogP contribution in [0, 0.1) is 0 Å². The van der Waals surface area contributed by atoms with Crippen molar-refractivity contribution in [3.05, 3.63) is 21.9 Å². The molecule has 3 heterocycles. The minimum absolute atomic E-state index is 0.270. The Labute approximate surface area is 120 Å². The van der Waals surface area contributed by atoms with Gasteiger partial charge in [0.05, 0.1) is 4.88 Å². The second-order valence-corrected chi connectivity index (χ2v) is 7.75. The summed E-state index contributed by atoms with van der Waals surface area (Å²) in [4.78, 5) is 17.6. The molecule has 1 aromatic heterocycles. The van der Waals surface area contributed by atoms with Crippen LogP contribution in [-0.2, 0) is 6.42 Å². The zero-order valence-electron chi connectivity index (χ0n) is 10.6. The summed E-state index contributed by atoms with van der Waals surface area (Å²) in [6.07, 6.45) is 5.63. The lowest BCUT2D eigenvalue weighted by molar-refractivity contribution is 0.0608. The topological polar surface area (TPSA) is 20.3 Å². The van der Waals surface area contributed by atoms with E-state index in [0.717, 1.165) is 24.1 Å². The maximum atomic E-state index is 12.6. The van der Waals surface area contributed by atoms with E-state index in [-0.39, 0.29) is 5.91 Å². The van der Waals surface area contributed by atoms with E-state index >= 15 is 0 Å². The number of carbonyl (C=O) groups is 1. The molecule has 4 heteroatoms. The van der Waals surface area contributed by atoms with Gasteiger partial charge in [0.25, 0.3) is 5.91 Å². The highest BCUT2D eigenvalue weighted by Gasteiger charge is 2.42. The Kier molecular flexibility index (Phi) is 3.50. The number of piperidine rings is 1. The molecule has 0 spiro atoms. The van der Waals surface area contributed by atoms with Crippen molar-refractivity contribution in [2.24, 2.45) is 0 Å². The summed E-state index contributed by atoms with van der Waals surface area (Å²) in [7, 11) is 0. The molecule has 0 saturated carbocycles. The highest BCUT2D eigenvalue weighted by molar-refractivity contribution is 9.09. The summed E-state index contributed by atoms with van der Waals surface area (Å²) in [5, 5.41) is 0. The molecule has 0 N–H and O–H groups in total. The number of fused-ring (bicyclic) bond motifs is 2. The third-order valence-corrected chi connectivity index (χ3v) is 6.10. The van der Waals surface area contributed by atoms with Crippen LogP contribution in [0.15, 0.2) is 12.1 Å². The highest BCUT2D eigenvalue weighted by Crippen LogP contribution is 2.39. The van der Waals surface area contributed by atoms with Gasteiger partial charge in [-0.15, -0.1) is 11.3 Å². The first kappa shape index (κ1) is 12.7. The third kappa shape index (κ3) is 2.14. The molecular formula is C14H18BrNOS. The van der Waals surface area contributed by atoms with Crippen molar-refractivity contribution in [3.63, 3.8) is 0 Å². The van der Waals surface area contributed by atoms with Gasteiger partial charge in [-0.3, -0.25) is 4.79 Å². The Bertz CT molecular complexity index is 444. The third-order valence-electron chi connectivity index (χ3n) is 4.13. The predicted molar refractivity (Wildman–Crippen MR) is 78.6 cm³/mol. The molecule has 2 unspecified atom stereocenters. The molecule has 0 aromatic carbocycles. The van der Waals surface area contributed by atoms with Crippen molar-refractivity contribution in [2.45, 2.75) is 55.9 Å². The second-order valence-electron chi connectivity index (χ2n) is 5.29. The molecule has 2 aliphatic rings. The first-order chi connectivity index (χ1) is 8.69. The van der Waals surface area contributed by atoms with E-state index in [1.54, 1.807) is 11.3 Å². The van der Waals surface area contributed by atoms with Crippen LogP contribution >= 0.6 is 27.3 Å². The van der Waals surface area contributed by atoms with Crippen LogP contribution in [0.2, 0.25) is 0 Å². The van der Waals surface area contributed by atoms with E-state index in [0.29, 0.717) is 16.9 Å². The number of amides is 1. The zero-order chi connectivity index (χ0) is 12.7. The Morgan fingerprint density at radius 2 is 2.06 bits per heavy atom. The molecule has 1 amide bonds. The summed E-state index contributed by atoms with van der Waals surface area (Å²) in [6.45, 7) is 2.14. The molecule has 2 bridgehead atoms. The van der Waals surface area contributed by atoms with Gasteiger partial charge in [-0.25, -0.2) is 0 Å². The van der Waals surface area contributed by atoms with Gasteiger partial charge in [0.15, 0.2) is 0 Å². The Balaban J connectivity index is 1.81. The van der Waals surface area contributed by atoms with Gasteiger partial charge in [0.2, 0.25) is 0 Å². The monoisotopic (exact) mass is 327 g/mol. The van der Waals surface area contributed by atoms with Crippen molar-refractivity contribution in [2.75, 3.05) is 0 Å². The lowest BCUT2D eigenvalue weighted by Gasteiger charge is -2.37. The summed E-state index contributed by atoms with van der Waals surface area (Å²) < 4.78 is 0. The lowest BCUT2D eigenvalue weighted by Crippen LogP contribution is -2.46. The van der Waals surface area contributed by atoms with Gasteiger partial charge in [-0.1, -0.05) is 22.9 Å². The van der Waals surface area contributed by atoms with E-state index < -0.39 is 0 Å². The number of hydrogen-bond donors (Lipinski definition) is 0. The van der Waals surface area contributed by atoms with E-state index in [1.165, 1.54) is 17.7 Å². The Morgan fingerprint density at radius 3 is 2.61 bits per heavy atom. The largest absolute Gasteiger partial charge is 0.332 e. The standard InChI is InChI=1S/C14H18BrNOS/c1-2-12-5-6-13(18-12)14(17)16-10-3-4-11(16)8-9(15)7-10/h5-6,9-11H,2-4,7-8H2,1H3. The van der Waals surface area contributed by atoms with Gasteiger partial charge in [-0.05, 0) is 44.2 Å². The van der Waals surface area contributed by atoms with Crippen molar-refractivity contribution in [3.8, 4) is 0 Å². The van der Waals surface area contributed by atoms with Crippen LogP contribution in [0.4, 0.5) is 0 Å². The summed E-state index contributed by atoms with van der Waals surface area (Å²) in [5.74, 6) is 0.270.